The number of rotatable bonds is 5. The quantitative estimate of drug-likeness (QED) is 0.575. The number of hydrogen-bond acceptors (Lipinski definition) is 3. The second-order valence-electron chi connectivity index (χ2n) is 3.13. The van der Waals surface area contributed by atoms with Crippen LogP contribution >= 0.6 is 0 Å². The Kier molecular flexibility index (Phi) is 4.84. The molecule has 3 nitrogen and oxygen atoms in total. The molecule has 0 heterocycles. The number of nitrogens with zero attached hydrogens (tertiary/aromatic N) is 1. The van der Waals surface area contributed by atoms with Crippen molar-refractivity contribution >= 4 is 0 Å². The van der Waals surface area contributed by atoms with E-state index in [4.69, 9.17) is 16.7 Å². The largest absolute Gasteiger partial charge is 0.330 e. The first-order valence-electron chi connectivity index (χ1n) is 4.02. The summed E-state index contributed by atoms with van der Waals surface area (Å²) in [5.74, 6) is 0. The molecule has 0 saturated heterocycles. The standard InChI is InChI=1S/C8H17N3/c1-8(11,7-10)5-3-2-4-6-9/h2-6,9,11H2,1H3. The predicted octanol–water partition coefficient (Wildman–Crippen LogP) is 0.746. The summed E-state index contributed by atoms with van der Waals surface area (Å²) in [6.45, 7) is 2.49. The summed E-state index contributed by atoms with van der Waals surface area (Å²) in [6, 6.07) is 2.06. The summed E-state index contributed by atoms with van der Waals surface area (Å²) in [6.07, 6.45) is 3.87. The van der Waals surface area contributed by atoms with Gasteiger partial charge in [-0.05, 0) is 26.3 Å². The molecule has 0 aromatic carbocycles. The maximum atomic E-state index is 8.55. The van der Waals surface area contributed by atoms with Crippen molar-refractivity contribution in [3.8, 4) is 6.07 Å². The Balaban J connectivity index is 3.32. The fraction of sp³-hybridized carbons (Fsp3) is 0.875. The van der Waals surface area contributed by atoms with E-state index in [0.29, 0.717) is 0 Å². The average molecular weight is 155 g/mol. The van der Waals surface area contributed by atoms with Gasteiger partial charge in [-0.2, -0.15) is 5.26 Å². The third-order valence-electron chi connectivity index (χ3n) is 1.66. The first-order chi connectivity index (χ1) is 5.12. The number of hydrogen-bond donors (Lipinski definition) is 2. The van der Waals surface area contributed by atoms with Crippen LogP contribution in [0.15, 0.2) is 0 Å². The molecule has 0 bridgehead atoms. The van der Waals surface area contributed by atoms with Crippen LogP contribution in [0.4, 0.5) is 0 Å². The van der Waals surface area contributed by atoms with Gasteiger partial charge in [0.15, 0.2) is 0 Å². The van der Waals surface area contributed by atoms with Crippen molar-refractivity contribution in [2.45, 2.75) is 38.1 Å². The molecule has 0 aliphatic rings. The van der Waals surface area contributed by atoms with E-state index < -0.39 is 5.54 Å². The molecule has 0 fully saturated rings. The summed E-state index contributed by atoms with van der Waals surface area (Å²) in [5, 5.41) is 8.55. The molecule has 0 spiro atoms. The Bertz CT molecular complexity index is 135. The Morgan fingerprint density at radius 3 is 2.45 bits per heavy atom. The molecule has 4 N–H and O–H groups in total. The molecule has 0 aromatic heterocycles. The number of unbranched alkanes of at least 4 members (excludes halogenated alkanes) is 2. The lowest BCUT2D eigenvalue weighted by atomic mass is 9.97. The van der Waals surface area contributed by atoms with Crippen molar-refractivity contribution in [2.75, 3.05) is 6.54 Å². The van der Waals surface area contributed by atoms with Gasteiger partial charge < -0.3 is 11.5 Å². The SMILES string of the molecule is CC(N)(C#N)CCCCCN. The molecule has 0 radical (unpaired) electrons. The van der Waals surface area contributed by atoms with Crippen LogP contribution < -0.4 is 11.5 Å². The van der Waals surface area contributed by atoms with Crippen molar-refractivity contribution in [1.29, 1.82) is 5.26 Å². The smallest absolute Gasteiger partial charge is 0.101 e. The summed E-state index contributed by atoms with van der Waals surface area (Å²) < 4.78 is 0. The van der Waals surface area contributed by atoms with E-state index in [0.717, 1.165) is 32.2 Å². The highest BCUT2D eigenvalue weighted by Gasteiger charge is 2.15. The maximum Gasteiger partial charge on any atom is 0.101 e. The molecule has 3 heteroatoms. The van der Waals surface area contributed by atoms with E-state index in [-0.39, 0.29) is 0 Å². The third kappa shape index (κ3) is 5.84. The highest BCUT2D eigenvalue weighted by atomic mass is 14.7. The molecular formula is C8H17N3. The van der Waals surface area contributed by atoms with Crippen molar-refractivity contribution in [1.82, 2.24) is 0 Å². The Labute approximate surface area is 68.4 Å². The molecule has 1 atom stereocenters. The van der Waals surface area contributed by atoms with E-state index in [2.05, 4.69) is 6.07 Å². The van der Waals surface area contributed by atoms with Crippen LogP contribution in [0.2, 0.25) is 0 Å². The van der Waals surface area contributed by atoms with Gasteiger partial charge in [-0.25, -0.2) is 0 Å². The van der Waals surface area contributed by atoms with Crippen molar-refractivity contribution < 1.29 is 0 Å². The molecule has 0 rings (SSSR count). The van der Waals surface area contributed by atoms with E-state index in [1.165, 1.54) is 0 Å². The second-order valence-corrected chi connectivity index (χ2v) is 3.13. The number of nitrogens with two attached hydrogens (primary N) is 2. The van der Waals surface area contributed by atoms with Gasteiger partial charge in [0.05, 0.1) is 6.07 Å². The molecule has 0 saturated carbocycles. The third-order valence-corrected chi connectivity index (χ3v) is 1.66. The van der Waals surface area contributed by atoms with Gasteiger partial charge in [-0.1, -0.05) is 12.8 Å². The molecule has 0 aliphatic heterocycles. The van der Waals surface area contributed by atoms with E-state index >= 15 is 0 Å². The monoisotopic (exact) mass is 155 g/mol. The summed E-state index contributed by atoms with van der Waals surface area (Å²) >= 11 is 0. The fourth-order valence-electron chi connectivity index (χ4n) is 0.869. The van der Waals surface area contributed by atoms with E-state index in [9.17, 15) is 0 Å². The predicted molar refractivity (Wildman–Crippen MR) is 45.7 cm³/mol. The minimum absolute atomic E-state index is 0.644. The van der Waals surface area contributed by atoms with Crippen LogP contribution in [-0.2, 0) is 0 Å². The first-order valence-corrected chi connectivity index (χ1v) is 4.02. The van der Waals surface area contributed by atoms with Crippen LogP contribution in [0, 0.1) is 11.3 Å². The molecule has 0 aliphatic carbocycles. The lowest BCUT2D eigenvalue weighted by molar-refractivity contribution is 0.502. The van der Waals surface area contributed by atoms with E-state index in [1.54, 1.807) is 6.92 Å². The highest BCUT2D eigenvalue weighted by Crippen LogP contribution is 2.09. The molecule has 0 aromatic rings. The van der Waals surface area contributed by atoms with Crippen LogP contribution in [0.5, 0.6) is 0 Å². The lowest BCUT2D eigenvalue weighted by Crippen LogP contribution is -2.33. The summed E-state index contributed by atoms with van der Waals surface area (Å²) in [5.41, 5.74) is 10.3. The minimum atomic E-state index is -0.644. The van der Waals surface area contributed by atoms with Crippen LogP contribution in [0.1, 0.15) is 32.6 Å². The van der Waals surface area contributed by atoms with Crippen molar-refractivity contribution in [3.05, 3.63) is 0 Å². The van der Waals surface area contributed by atoms with Crippen molar-refractivity contribution in [2.24, 2.45) is 11.5 Å². The van der Waals surface area contributed by atoms with Gasteiger partial charge in [0.1, 0.15) is 5.54 Å². The Morgan fingerprint density at radius 2 is 2.00 bits per heavy atom. The molecule has 11 heavy (non-hydrogen) atoms. The van der Waals surface area contributed by atoms with Gasteiger partial charge in [-0.15, -0.1) is 0 Å². The lowest BCUT2D eigenvalue weighted by Gasteiger charge is -2.13. The normalized spacial score (nSPS) is 15.5. The minimum Gasteiger partial charge on any atom is -0.330 e. The van der Waals surface area contributed by atoms with Gasteiger partial charge >= 0.3 is 0 Å². The molecule has 1 unspecified atom stereocenters. The summed E-state index contributed by atoms with van der Waals surface area (Å²) in [7, 11) is 0. The molecule has 0 amide bonds. The van der Waals surface area contributed by atoms with Gasteiger partial charge in [0.25, 0.3) is 0 Å². The highest BCUT2D eigenvalue weighted by molar-refractivity contribution is 5.00. The second kappa shape index (κ2) is 5.11. The fourth-order valence-corrected chi connectivity index (χ4v) is 0.869. The zero-order chi connectivity index (χ0) is 8.74. The Morgan fingerprint density at radius 1 is 1.36 bits per heavy atom. The molecule has 64 valence electrons. The van der Waals surface area contributed by atoms with Gasteiger partial charge in [-0.3, -0.25) is 0 Å². The molecular weight excluding hydrogens is 138 g/mol. The zero-order valence-electron chi connectivity index (χ0n) is 7.14. The zero-order valence-corrected chi connectivity index (χ0v) is 7.14. The van der Waals surface area contributed by atoms with Crippen molar-refractivity contribution in [3.63, 3.8) is 0 Å². The summed E-state index contributed by atoms with van der Waals surface area (Å²) in [4.78, 5) is 0. The topological polar surface area (TPSA) is 75.8 Å². The first kappa shape index (κ1) is 10.4. The maximum absolute atomic E-state index is 8.55. The van der Waals surface area contributed by atoms with Gasteiger partial charge in [0, 0.05) is 0 Å². The van der Waals surface area contributed by atoms with Crippen LogP contribution in [-0.4, -0.2) is 12.1 Å². The van der Waals surface area contributed by atoms with Crippen LogP contribution in [0.3, 0.4) is 0 Å². The average Bonchev–Trinajstić information content (AvgIpc) is 1.99. The Hall–Kier alpha value is -0.590. The van der Waals surface area contributed by atoms with Crippen LogP contribution in [0.25, 0.3) is 0 Å². The van der Waals surface area contributed by atoms with E-state index in [1.807, 2.05) is 0 Å². The van der Waals surface area contributed by atoms with Gasteiger partial charge in [0.2, 0.25) is 0 Å². The number of nitriles is 1.